The number of aromatic nitrogens is 1. The van der Waals surface area contributed by atoms with Crippen LogP contribution in [0.4, 0.5) is 5.69 Å². The van der Waals surface area contributed by atoms with Crippen LogP contribution < -0.4 is 15.6 Å². The standard InChI is InChI=1S/C27H27N3O4/c1-18(31)28-22-9-7-20(8-10-22)24-11-12-25(32)30-15-19-13-21(27(24)30)16-29(14-19)26(33)17-34-23-5-3-2-4-6-23/h2-12,19,21H,13-17H2,1H3,(H,28,31)/t19-,21-/m0/s1. The first-order chi connectivity index (χ1) is 16.5. The molecule has 5 rings (SSSR count). The van der Waals surface area contributed by atoms with E-state index in [1.54, 1.807) is 6.07 Å². The summed E-state index contributed by atoms with van der Waals surface area (Å²) in [5.74, 6) is 0.834. The van der Waals surface area contributed by atoms with Crippen molar-refractivity contribution in [3.05, 3.63) is 82.8 Å². The predicted octanol–water partition coefficient (Wildman–Crippen LogP) is 3.50. The zero-order valence-corrected chi connectivity index (χ0v) is 19.1. The minimum atomic E-state index is -0.120. The molecule has 2 atom stereocenters. The minimum Gasteiger partial charge on any atom is -0.484 e. The molecule has 2 amide bonds. The maximum Gasteiger partial charge on any atom is 0.260 e. The molecule has 1 fully saturated rings. The van der Waals surface area contributed by atoms with Gasteiger partial charge in [-0.05, 0) is 48.2 Å². The first kappa shape index (κ1) is 21.9. The van der Waals surface area contributed by atoms with E-state index in [0.717, 1.165) is 28.9 Å². The molecule has 1 saturated heterocycles. The van der Waals surface area contributed by atoms with Gasteiger partial charge >= 0.3 is 0 Å². The number of para-hydroxylation sites is 1. The van der Waals surface area contributed by atoms with Gasteiger partial charge in [0.05, 0.1) is 0 Å². The zero-order chi connectivity index (χ0) is 23.7. The Morgan fingerprint density at radius 2 is 1.74 bits per heavy atom. The number of fused-ring (bicyclic) bond motifs is 4. The van der Waals surface area contributed by atoms with Crippen LogP contribution in [0.1, 0.15) is 25.0 Å². The highest BCUT2D eigenvalue weighted by Gasteiger charge is 2.37. The van der Waals surface area contributed by atoms with Crippen molar-refractivity contribution in [1.82, 2.24) is 9.47 Å². The molecule has 0 unspecified atom stereocenters. The highest BCUT2D eigenvalue weighted by Crippen LogP contribution is 2.40. The van der Waals surface area contributed by atoms with Gasteiger partial charge < -0.3 is 19.5 Å². The number of likely N-dealkylation sites (tertiary alicyclic amines) is 1. The van der Waals surface area contributed by atoms with Gasteiger partial charge in [0.1, 0.15) is 5.75 Å². The first-order valence-electron chi connectivity index (χ1n) is 11.6. The number of rotatable bonds is 5. The van der Waals surface area contributed by atoms with Gasteiger partial charge in [-0.25, -0.2) is 0 Å². The molecule has 7 heteroatoms. The summed E-state index contributed by atoms with van der Waals surface area (Å²) in [5, 5.41) is 2.78. The van der Waals surface area contributed by atoms with Gasteiger partial charge in [0, 0.05) is 55.5 Å². The highest BCUT2D eigenvalue weighted by molar-refractivity contribution is 5.89. The van der Waals surface area contributed by atoms with Crippen LogP contribution in [0.25, 0.3) is 11.1 Å². The Kier molecular flexibility index (Phi) is 5.92. The van der Waals surface area contributed by atoms with Crippen LogP contribution in [0.5, 0.6) is 5.75 Å². The van der Waals surface area contributed by atoms with Crippen molar-refractivity contribution < 1.29 is 14.3 Å². The Labute approximate surface area is 198 Å². The molecule has 3 heterocycles. The molecule has 7 nitrogen and oxygen atoms in total. The van der Waals surface area contributed by atoms with E-state index < -0.39 is 0 Å². The summed E-state index contributed by atoms with van der Waals surface area (Å²) in [7, 11) is 0. The second-order valence-corrected chi connectivity index (χ2v) is 9.04. The van der Waals surface area contributed by atoms with E-state index in [1.165, 1.54) is 6.92 Å². The van der Waals surface area contributed by atoms with E-state index in [1.807, 2.05) is 70.1 Å². The van der Waals surface area contributed by atoms with Crippen molar-refractivity contribution in [3.8, 4) is 16.9 Å². The normalized spacial score (nSPS) is 18.7. The molecular formula is C27H27N3O4. The van der Waals surface area contributed by atoms with Crippen molar-refractivity contribution in [2.75, 3.05) is 25.0 Å². The molecule has 34 heavy (non-hydrogen) atoms. The van der Waals surface area contributed by atoms with E-state index in [0.29, 0.717) is 25.4 Å². The van der Waals surface area contributed by atoms with E-state index >= 15 is 0 Å². The van der Waals surface area contributed by atoms with Gasteiger partial charge in [-0.1, -0.05) is 30.3 Å². The Balaban J connectivity index is 1.39. The van der Waals surface area contributed by atoms with Gasteiger partial charge in [-0.15, -0.1) is 0 Å². The minimum absolute atomic E-state index is 0.00250. The van der Waals surface area contributed by atoms with E-state index in [2.05, 4.69) is 5.32 Å². The monoisotopic (exact) mass is 457 g/mol. The molecule has 0 radical (unpaired) electrons. The summed E-state index contributed by atoms with van der Waals surface area (Å²) >= 11 is 0. The maximum absolute atomic E-state index is 13.0. The fraction of sp³-hybridized carbons (Fsp3) is 0.296. The predicted molar refractivity (Wildman–Crippen MR) is 130 cm³/mol. The molecule has 174 valence electrons. The molecule has 2 aliphatic rings. The van der Waals surface area contributed by atoms with Gasteiger partial charge in [0.2, 0.25) is 5.91 Å². The highest BCUT2D eigenvalue weighted by atomic mass is 16.5. The quantitative estimate of drug-likeness (QED) is 0.636. The van der Waals surface area contributed by atoms with Gasteiger partial charge in [0.15, 0.2) is 6.61 Å². The van der Waals surface area contributed by atoms with E-state index in [9.17, 15) is 14.4 Å². The van der Waals surface area contributed by atoms with Crippen molar-refractivity contribution in [2.24, 2.45) is 5.92 Å². The first-order valence-corrected chi connectivity index (χ1v) is 11.6. The number of carbonyl (C=O) groups is 2. The number of nitrogens with one attached hydrogen (secondary N) is 1. The number of ether oxygens (including phenoxy) is 1. The summed E-state index contributed by atoms with van der Waals surface area (Å²) in [4.78, 5) is 38.9. The van der Waals surface area contributed by atoms with Crippen molar-refractivity contribution in [2.45, 2.75) is 25.8 Å². The average Bonchev–Trinajstić information content (AvgIpc) is 2.84. The van der Waals surface area contributed by atoms with Crippen molar-refractivity contribution in [1.29, 1.82) is 0 Å². The lowest BCUT2D eigenvalue weighted by molar-refractivity contribution is -0.136. The summed E-state index contributed by atoms with van der Waals surface area (Å²) in [6.45, 7) is 3.28. The molecule has 0 aliphatic carbocycles. The van der Waals surface area contributed by atoms with Crippen molar-refractivity contribution in [3.63, 3.8) is 0 Å². The third-order valence-corrected chi connectivity index (χ3v) is 6.56. The van der Waals surface area contributed by atoms with Gasteiger partial charge in [-0.2, -0.15) is 0 Å². The average molecular weight is 458 g/mol. The Morgan fingerprint density at radius 1 is 0.971 bits per heavy atom. The lowest BCUT2D eigenvalue weighted by atomic mass is 9.80. The van der Waals surface area contributed by atoms with Gasteiger partial charge in [-0.3, -0.25) is 14.4 Å². The third-order valence-electron chi connectivity index (χ3n) is 6.56. The second-order valence-electron chi connectivity index (χ2n) is 9.04. The Morgan fingerprint density at radius 3 is 2.47 bits per heavy atom. The summed E-state index contributed by atoms with van der Waals surface area (Å²) in [5.41, 5.74) is 3.68. The van der Waals surface area contributed by atoms with Crippen LogP contribution in [0.2, 0.25) is 0 Å². The van der Waals surface area contributed by atoms with E-state index in [-0.39, 0.29) is 35.8 Å². The third kappa shape index (κ3) is 4.46. The fourth-order valence-corrected chi connectivity index (χ4v) is 5.15. The van der Waals surface area contributed by atoms with Crippen LogP contribution in [-0.2, 0) is 16.1 Å². The number of amides is 2. The number of nitrogens with zero attached hydrogens (tertiary/aromatic N) is 2. The van der Waals surface area contributed by atoms with Crippen LogP contribution >= 0.6 is 0 Å². The number of benzene rings is 2. The van der Waals surface area contributed by atoms with Crippen LogP contribution in [0.3, 0.4) is 0 Å². The molecule has 2 bridgehead atoms. The summed E-state index contributed by atoms with van der Waals surface area (Å²) in [6, 6.07) is 20.5. The number of carbonyl (C=O) groups excluding carboxylic acids is 2. The number of piperidine rings is 1. The van der Waals surface area contributed by atoms with Crippen molar-refractivity contribution >= 4 is 17.5 Å². The molecule has 2 aromatic carbocycles. The second kappa shape index (κ2) is 9.17. The molecular weight excluding hydrogens is 430 g/mol. The molecule has 3 aromatic rings. The number of anilines is 1. The summed E-state index contributed by atoms with van der Waals surface area (Å²) in [6.07, 6.45) is 0.948. The molecule has 0 saturated carbocycles. The smallest absolute Gasteiger partial charge is 0.260 e. The SMILES string of the molecule is CC(=O)Nc1ccc(-c2ccc(=O)n3c2[C@H]2C[C@@H](CN(C(=O)COc4ccccc4)C2)C3)cc1. The number of pyridine rings is 1. The molecule has 1 N–H and O–H groups in total. The molecule has 2 aliphatic heterocycles. The number of hydrogen-bond acceptors (Lipinski definition) is 4. The lowest BCUT2D eigenvalue weighted by Crippen LogP contribution is -2.50. The fourth-order valence-electron chi connectivity index (χ4n) is 5.15. The lowest BCUT2D eigenvalue weighted by Gasteiger charge is -2.43. The van der Waals surface area contributed by atoms with Gasteiger partial charge in [0.25, 0.3) is 11.5 Å². The Hall–Kier alpha value is -3.87. The van der Waals surface area contributed by atoms with Crippen LogP contribution in [-0.4, -0.2) is 41.0 Å². The zero-order valence-electron chi connectivity index (χ0n) is 19.1. The largest absolute Gasteiger partial charge is 0.484 e. The summed E-state index contributed by atoms with van der Waals surface area (Å²) < 4.78 is 7.57. The topological polar surface area (TPSA) is 80.6 Å². The molecule has 1 aromatic heterocycles. The molecule has 0 spiro atoms. The number of hydrogen-bond donors (Lipinski definition) is 1. The Bertz CT molecular complexity index is 1270. The van der Waals surface area contributed by atoms with Crippen LogP contribution in [0.15, 0.2) is 71.5 Å². The van der Waals surface area contributed by atoms with E-state index in [4.69, 9.17) is 4.74 Å². The maximum atomic E-state index is 13.0. The van der Waals surface area contributed by atoms with Crippen LogP contribution in [0, 0.1) is 5.92 Å².